The Hall–Kier alpha value is -0.800. The number of anilines is 1. The van der Waals surface area contributed by atoms with Crippen molar-refractivity contribution in [1.82, 2.24) is 9.99 Å². The highest BCUT2D eigenvalue weighted by Crippen LogP contribution is 2.27. The molecule has 0 N–H and O–H groups in total. The van der Waals surface area contributed by atoms with Gasteiger partial charge in [-0.25, -0.2) is 5.01 Å². The lowest BCUT2D eigenvalue weighted by Crippen LogP contribution is -2.52. The largest absolute Gasteiger partial charge is 0.303 e. The number of hydrazine groups is 1. The molecule has 1 fully saturated rings. The Morgan fingerprint density at radius 2 is 1.86 bits per heavy atom. The lowest BCUT2D eigenvalue weighted by atomic mass is 9.99. The maximum Gasteiger partial charge on any atom is 0.0556 e. The Kier molecular flexibility index (Phi) is 8.81. The molecule has 0 amide bonds. The number of aromatic nitrogens is 1. The van der Waals surface area contributed by atoms with Gasteiger partial charge in [-0.05, 0) is 43.7 Å². The van der Waals surface area contributed by atoms with E-state index in [-0.39, 0.29) is 12.4 Å². The SMILES string of the molecule is CCCCC(CC)N(c1ccncc1)N1CCC(C)CC1.Cl. The molecule has 0 bridgehead atoms. The van der Waals surface area contributed by atoms with E-state index in [0.29, 0.717) is 6.04 Å². The Bertz CT molecular complexity index is 386. The van der Waals surface area contributed by atoms with Crippen LogP contribution in [0.2, 0.25) is 0 Å². The first-order chi connectivity index (χ1) is 10.3. The zero-order chi connectivity index (χ0) is 15.1. The van der Waals surface area contributed by atoms with Crippen molar-refractivity contribution in [3.05, 3.63) is 24.5 Å². The molecule has 0 saturated carbocycles. The van der Waals surface area contributed by atoms with Gasteiger partial charge < -0.3 is 5.01 Å². The third kappa shape index (κ3) is 5.13. The number of pyridine rings is 1. The van der Waals surface area contributed by atoms with Crippen LogP contribution in [0.1, 0.15) is 59.3 Å². The van der Waals surface area contributed by atoms with Crippen molar-refractivity contribution in [2.24, 2.45) is 5.92 Å². The van der Waals surface area contributed by atoms with Crippen molar-refractivity contribution in [3.63, 3.8) is 0 Å². The van der Waals surface area contributed by atoms with E-state index in [1.54, 1.807) is 0 Å². The van der Waals surface area contributed by atoms with Crippen LogP contribution in [0, 0.1) is 5.92 Å². The lowest BCUT2D eigenvalue weighted by molar-refractivity contribution is 0.154. The fourth-order valence-corrected chi connectivity index (χ4v) is 3.25. The highest BCUT2D eigenvalue weighted by Gasteiger charge is 2.26. The molecular formula is C18H32ClN3. The third-order valence-corrected chi connectivity index (χ3v) is 4.70. The molecule has 126 valence electrons. The maximum absolute atomic E-state index is 4.19. The van der Waals surface area contributed by atoms with Crippen molar-refractivity contribution in [1.29, 1.82) is 0 Å². The van der Waals surface area contributed by atoms with E-state index < -0.39 is 0 Å². The van der Waals surface area contributed by atoms with Crippen LogP contribution in [0.4, 0.5) is 5.69 Å². The molecule has 1 aromatic heterocycles. The standard InChI is InChI=1S/C18H31N3.ClH/c1-4-6-7-17(5-2)21(18-8-12-19-13-9-18)20-14-10-16(3)11-15-20;/h8-9,12-13,16-17H,4-7,10-11,14-15H2,1-3H3;1H. The monoisotopic (exact) mass is 325 g/mol. The third-order valence-electron chi connectivity index (χ3n) is 4.70. The summed E-state index contributed by atoms with van der Waals surface area (Å²) >= 11 is 0. The summed E-state index contributed by atoms with van der Waals surface area (Å²) in [5, 5.41) is 5.16. The zero-order valence-electron chi connectivity index (χ0n) is 14.4. The predicted octanol–water partition coefficient (Wildman–Crippen LogP) is 4.93. The Balaban J connectivity index is 0.00000242. The van der Waals surface area contributed by atoms with E-state index in [1.807, 2.05) is 12.4 Å². The van der Waals surface area contributed by atoms with E-state index in [4.69, 9.17) is 0 Å². The molecule has 0 radical (unpaired) electrons. The molecule has 22 heavy (non-hydrogen) atoms. The highest BCUT2D eigenvalue weighted by atomic mass is 35.5. The minimum atomic E-state index is 0. The highest BCUT2D eigenvalue weighted by molar-refractivity contribution is 5.85. The Labute approximate surface area is 142 Å². The van der Waals surface area contributed by atoms with E-state index in [2.05, 4.69) is 47.9 Å². The first-order valence-corrected chi connectivity index (χ1v) is 8.70. The lowest BCUT2D eigenvalue weighted by Gasteiger charge is -2.45. The van der Waals surface area contributed by atoms with Crippen LogP contribution in [0.5, 0.6) is 0 Å². The van der Waals surface area contributed by atoms with Gasteiger partial charge in [0, 0.05) is 31.5 Å². The van der Waals surface area contributed by atoms with Crippen molar-refractivity contribution in [2.75, 3.05) is 18.1 Å². The molecule has 2 rings (SSSR count). The van der Waals surface area contributed by atoms with E-state index >= 15 is 0 Å². The molecule has 0 spiro atoms. The van der Waals surface area contributed by atoms with Crippen molar-refractivity contribution in [3.8, 4) is 0 Å². The molecule has 1 aromatic rings. The van der Waals surface area contributed by atoms with Gasteiger partial charge in [0.1, 0.15) is 0 Å². The molecule has 0 aromatic carbocycles. The summed E-state index contributed by atoms with van der Waals surface area (Å²) < 4.78 is 0. The van der Waals surface area contributed by atoms with Gasteiger partial charge in [0.2, 0.25) is 0 Å². The number of nitrogens with zero attached hydrogens (tertiary/aromatic N) is 3. The molecule has 1 saturated heterocycles. The van der Waals surface area contributed by atoms with Crippen LogP contribution in [-0.2, 0) is 0 Å². The summed E-state index contributed by atoms with van der Waals surface area (Å²) in [6.45, 7) is 9.36. The smallest absolute Gasteiger partial charge is 0.0556 e. The van der Waals surface area contributed by atoms with Crippen LogP contribution in [0.15, 0.2) is 24.5 Å². The van der Waals surface area contributed by atoms with Gasteiger partial charge in [0.15, 0.2) is 0 Å². The molecule has 1 aliphatic heterocycles. The zero-order valence-corrected chi connectivity index (χ0v) is 15.2. The molecule has 4 heteroatoms. The number of piperidine rings is 1. The number of halogens is 1. The van der Waals surface area contributed by atoms with Crippen molar-refractivity contribution >= 4 is 18.1 Å². The second kappa shape index (κ2) is 10.1. The van der Waals surface area contributed by atoms with Gasteiger partial charge >= 0.3 is 0 Å². The summed E-state index contributed by atoms with van der Waals surface area (Å²) in [6, 6.07) is 4.93. The number of hydrogen-bond donors (Lipinski definition) is 0. The van der Waals surface area contributed by atoms with Gasteiger partial charge in [0.25, 0.3) is 0 Å². The molecule has 1 aliphatic rings. The van der Waals surface area contributed by atoms with Crippen LogP contribution < -0.4 is 5.01 Å². The van der Waals surface area contributed by atoms with Gasteiger partial charge in [-0.15, -0.1) is 12.4 Å². The molecule has 0 aliphatic carbocycles. The maximum atomic E-state index is 4.19. The quantitative estimate of drug-likeness (QED) is 0.709. The average Bonchev–Trinajstić information content (AvgIpc) is 2.53. The predicted molar refractivity (Wildman–Crippen MR) is 97.5 cm³/mol. The van der Waals surface area contributed by atoms with Gasteiger partial charge in [-0.2, -0.15) is 0 Å². The van der Waals surface area contributed by atoms with E-state index in [0.717, 1.165) is 5.92 Å². The second-order valence-electron chi connectivity index (χ2n) is 6.39. The fraction of sp³-hybridized carbons (Fsp3) is 0.722. The molecule has 3 nitrogen and oxygen atoms in total. The van der Waals surface area contributed by atoms with E-state index in [9.17, 15) is 0 Å². The van der Waals surface area contributed by atoms with Crippen LogP contribution in [-0.4, -0.2) is 29.1 Å². The summed E-state index contributed by atoms with van der Waals surface area (Å²) in [5.74, 6) is 0.872. The van der Waals surface area contributed by atoms with Crippen molar-refractivity contribution < 1.29 is 0 Å². The topological polar surface area (TPSA) is 19.4 Å². The molecule has 1 unspecified atom stereocenters. The molecule has 2 heterocycles. The van der Waals surface area contributed by atoms with E-state index in [1.165, 1.54) is 57.3 Å². The second-order valence-corrected chi connectivity index (χ2v) is 6.39. The normalized spacial score (nSPS) is 17.8. The number of rotatable bonds is 7. The average molecular weight is 326 g/mol. The summed E-state index contributed by atoms with van der Waals surface area (Å²) in [4.78, 5) is 4.19. The van der Waals surface area contributed by atoms with Crippen LogP contribution in [0.25, 0.3) is 0 Å². The van der Waals surface area contributed by atoms with Crippen molar-refractivity contribution in [2.45, 2.75) is 65.3 Å². The minimum Gasteiger partial charge on any atom is -0.303 e. The molecular weight excluding hydrogens is 294 g/mol. The summed E-state index contributed by atoms with van der Waals surface area (Å²) in [5.41, 5.74) is 1.31. The van der Waals surface area contributed by atoms with Gasteiger partial charge in [0.05, 0.1) is 5.69 Å². The fourth-order valence-electron chi connectivity index (χ4n) is 3.25. The number of unbranched alkanes of at least 4 members (excludes halogenated alkanes) is 1. The van der Waals surface area contributed by atoms with Gasteiger partial charge in [-0.1, -0.05) is 33.6 Å². The first-order valence-electron chi connectivity index (χ1n) is 8.70. The summed E-state index contributed by atoms with van der Waals surface area (Å²) in [6.07, 6.45) is 11.5. The number of hydrogen-bond acceptors (Lipinski definition) is 3. The first kappa shape index (κ1) is 19.2. The molecule has 1 atom stereocenters. The summed E-state index contributed by atoms with van der Waals surface area (Å²) in [7, 11) is 0. The van der Waals surface area contributed by atoms with Gasteiger partial charge in [-0.3, -0.25) is 4.98 Å². The Morgan fingerprint density at radius 3 is 2.41 bits per heavy atom. The van der Waals surface area contributed by atoms with Crippen LogP contribution in [0.3, 0.4) is 0 Å². The minimum absolute atomic E-state index is 0. The van der Waals surface area contributed by atoms with Crippen LogP contribution >= 0.6 is 12.4 Å². The Morgan fingerprint density at radius 1 is 1.23 bits per heavy atom.